The summed E-state index contributed by atoms with van der Waals surface area (Å²) in [6.45, 7) is 3.03. The van der Waals surface area contributed by atoms with E-state index in [1.54, 1.807) is 23.1 Å². The predicted molar refractivity (Wildman–Crippen MR) is 106 cm³/mol. The first-order chi connectivity index (χ1) is 13.0. The Morgan fingerprint density at radius 2 is 1.96 bits per heavy atom. The number of likely N-dealkylation sites (N-methyl/N-ethyl adjacent to an activating group) is 1. The van der Waals surface area contributed by atoms with Crippen molar-refractivity contribution in [3.05, 3.63) is 53.6 Å². The summed E-state index contributed by atoms with van der Waals surface area (Å²) in [5.41, 5.74) is 1.40. The Morgan fingerprint density at radius 3 is 2.70 bits per heavy atom. The molecule has 1 aliphatic rings. The van der Waals surface area contributed by atoms with Crippen molar-refractivity contribution in [2.75, 3.05) is 37.0 Å². The highest BCUT2D eigenvalue weighted by Gasteiger charge is 2.33. The monoisotopic (exact) mass is 388 g/mol. The van der Waals surface area contributed by atoms with Gasteiger partial charge in [0.2, 0.25) is 5.91 Å². The fraction of sp³-hybridized carbons (Fsp3) is 0.300. The summed E-state index contributed by atoms with van der Waals surface area (Å²) in [4.78, 5) is 27.5. The van der Waals surface area contributed by atoms with Crippen molar-refractivity contribution in [2.24, 2.45) is 0 Å². The third-order valence-electron chi connectivity index (χ3n) is 4.73. The lowest BCUT2D eigenvalue weighted by Crippen LogP contribution is -3.14. The first kappa shape index (κ1) is 19.2. The average Bonchev–Trinajstić information content (AvgIpc) is 2.67. The predicted octanol–water partition coefficient (Wildman–Crippen LogP) is 1.61. The number of halogens is 1. The molecule has 27 heavy (non-hydrogen) atoms. The number of amides is 2. The van der Waals surface area contributed by atoms with Crippen LogP contribution in [0, 0.1) is 0 Å². The zero-order chi connectivity index (χ0) is 19.4. The van der Waals surface area contributed by atoms with E-state index in [4.69, 9.17) is 16.3 Å². The molecule has 0 aromatic heterocycles. The SMILES string of the molecule is C[C@@H](C(=O)N1CC(=O)Nc2ccccc21)[NH+](C)CCOc1ccc(Cl)cc1. The van der Waals surface area contributed by atoms with Gasteiger partial charge in [0, 0.05) is 5.02 Å². The second kappa shape index (κ2) is 8.41. The molecule has 0 fully saturated rings. The number of benzene rings is 2. The molecule has 3 rings (SSSR count). The molecule has 0 spiro atoms. The number of fused-ring (bicyclic) bond motifs is 1. The topological polar surface area (TPSA) is 63.1 Å². The zero-order valence-corrected chi connectivity index (χ0v) is 16.1. The number of carbonyl (C=O) groups is 2. The third-order valence-corrected chi connectivity index (χ3v) is 4.98. The number of hydrogen-bond acceptors (Lipinski definition) is 3. The van der Waals surface area contributed by atoms with E-state index in [1.165, 1.54) is 0 Å². The van der Waals surface area contributed by atoms with Crippen LogP contribution in [0.25, 0.3) is 0 Å². The molecular weight excluding hydrogens is 366 g/mol. The summed E-state index contributed by atoms with van der Waals surface area (Å²) in [6.07, 6.45) is 0. The summed E-state index contributed by atoms with van der Waals surface area (Å²) in [5.74, 6) is 0.479. The van der Waals surface area contributed by atoms with Gasteiger partial charge in [-0.15, -0.1) is 0 Å². The lowest BCUT2D eigenvalue weighted by Gasteiger charge is -2.32. The van der Waals surface area contributed by atoms with Gasteiger partial charge in [-0.1, -0.05) is 23.7 Å². The molecule has 6 nitrogen and oxygen atoms in total. The van der Waals surface area contributed by atoms with Gasteiger partial charge in [0.25, 0.3) is 5.91 Å². The Balaban J connectivity index is 1.59. The molecule has 0 bridgehead atoms. The molecule has 2 aromatic rings. The number of nitrogens with one attached hydrogen (secondary N) is 2. The van der Waals surface area contributed by atoms with Crippen LogP contribution in [-0.4, -0.2) is 44.6 Å². The number of anilines is 2. The van der Waals surface area contributed by atoms with Crippen molar-refractivity contribution in [3.63, 3.8) is 0 Å². The normalized spacial score (nSPS) is 15.5. The smallest absolute Gasteiger partial charge is 0.285 e. The summed E-state index contributed by atoms with van der Waals surface area (Å²) in [5, 5.41) is 3.46. The molecule has 1 unspecified atom stereocenters. The quantitative estimate of drug-likeness (QED) is 0.790. The number of quaternary nitrogens is 1. The first-order valence-corrected chi connectivity index (χ1v) is 9.24. The molecule has 0 saturated heterocycles. The average molecular weight is 389 g/mol. The minimum Gasteiger partial charge on any atom is -0.488 e. The molecule has 2 aromatic carbocycles. The molecule has 1 heterocycles. The summed E-state index contributed by atoms with van der Waals surface area (Å²) < 4.78 is 5.71. The maximum Gasteiger partial charge on any atom is 0.285 e. The van der Waals surface area contributed by atoms with Crippen molar-refractivity contribution in [2.45, 2.75) is 13.0 Å². The van der Waals surface area contributed by atoms with Gasteiger partial charge in [-0.25, -0.2) is 0 Å². The van der Waals surface area contributed by atoms with E-state index in [9.17, 15) is 9.59 Å². The van der Waals surface area contributed by atoms with E-state index in [1.807, 2.05) is 44.3 Å². The number of ether oxygens (including phenoxy) is 1. The Labute approximate surface area is 163 Å². The summed E-state index contributed by atoms with van der Waals surface area (Å²) in [7, 11) is 1.95. The minimum absolute atomic E-state index is 0.0364. The van der Waals surface area contributed by atoms with E-state index >= 15 is 0 Å². The van der Waals surface area contributed by atoms with Gasteiger partial charge in [-0.3, -0.25) is 14.5 Å². The number of carbonyl (C=O) groups excluding carboxylic acids is 2. The molecule has 142 valence electrons. The van der Waals surface area contributed by atoms with Gasteiger partial charge >= 0.3 is 0 Å². The standard InChI is InChI=1S/C20H22ClN3O3/c1-14(23(2)11-12-27-16-9-7-15(21)8-10-16)20(26)24-13-19(25)22-17-5-3-4-6-18(17)24/h3-10,14H,11-13H2,1-2H3,(H,22,25)/p+1/t14-/m0/s1. The van der Waals surface area contributed by atoms with Crippen LogP contribution >= 0.6 is 11.6 Å². The Bertz CT molecular complexity index is 825. The molecule has 0 saturated carbocycles. The summed E-state index contributed by atoms with van der Waals surface area (Å²) in [6, 6.07) is 14.2. The van der Waals surface area contributed by atoms with Crippen LogP contribution in [0.5, 0.6) is 5.75 Å². The molecular formula is C20H23ClN3O3+. The van der Waals surface area contributed by atoms with E-state index in [0.717, 1.165) is 16.3 Å². The Morgan fingerprint density at radius 1 is 1.26 bits per heavy atom. The zero-order valence-electron chi connectivity index (χ0n) is 15.4. The molecule has 0 radical (unpaired) electrons. The van der Waals surface area contributed by atoms with E-state index < -0.39 is 0 Å². The highest BCUT2D eigenvalue weighted by atomic mass is 35.5. The minimum atomic E-state index is -0.308. The van der Waals surface area contributed by atoms with Gasteiger partial charge < -0.3 is 15.0 Å². The lowest BCUT2D eigenvalue weighted by molar-refractivity contribution is -0.894. The highest BCUT2D eigenvalue weighted by Crippen LogP contribution is 2.29. The lowest BCUT2D eigenvalue weighted by atomic mass is 10.1. The Kier molecular flexibility index (Phi) is 5.98. The van der Waals surface area contributed by atoms with Crippen LogP contribution in [-0.2, 0) is 9.59 Å². The maximum atomic E-state index is 13.0. The molecule has 2 atom stereocenters. The van der Waals surface area contributed by atoms with Crippen LogP contribution in [0.3, 0.4) is 0 Å². The van der Waals surface area contributed by atoms with Crippen LogP contribution in [0.4, 0.5) is 11.4 Å². The van der Waals surface area contributed by atoms with Gasteiger partial charge in [0.05, 0.1) is 18.4 Å². The molecule has 2 amide bonds. The van der Waals surface area contributed by atoms with E-state index in [0.29, 0.717) is 23.9 Å². The van der Waals surface area contributed by atoms with E-state index in [-0.39, 0.29) is 24.4 Å². The molecule has 2 N–H and O–H groups in total. The third kappa shape index (κ3) is 4.59. The van der Waals surface area contributed by atoms with Crippen LogP contribution in [0.15, 0.2) is 48.5 Å². The van der Waals surface area contributed by atoms with Crippen molar-refractivity contribution < 1.29 is 19.2 Å². The highest BCUT2D eigenvalue weighted by molar-refractivity contribution is 6.30. The van der Waals surface area contributed by atoms with Gasteiger partial charge in [0.15, 0.2) is 6.04 Å². The van der Waals surface area contributed by atoms with Crippen molar-refractivity contribution in [1.29, 1.82) is 0 Å². The molecule has 7 heteroatoms. The molecule has 1 aliphatic heterocycles. The molecule has 0 aliphatic carbocycles. The van der Waals surface area contributed by atoms with Crippen LogP contribution in [0.2, 0.25) is 5.02 Å². The number of nitrogens with zero attached hydrogens (tertiary/aromatic N) is 1. The van der Waals surface area contributed by atoms with Crippen molar-refractivity contribution >= 4 is 34.8 Å². The second-order valence-corrected chi connectivity index (χ2v) is 7.05. The van der Waals surface area contributed by atoms with Crippen molar-refractivity contribution in [3.8, 4) is 5.75 Å². The number of hydrogen-bond donors (Lipinski definition) is 2. The van der Waals surface area contributed by atoms with Gasteiger partial charge in [-0.2, -0.15) is 0 Å². The maximum absolute atomic E-state index is 13.0. The van der Waals surface area contributed by atoms with Crippen LogP contribution in [0.1, 0.15) is 6.92 Å². The van der Waals surface area contributed by atoms with Gasteiger partial charge in [0.1, 0.15) is 25.4 Å². The van der Waals surface area contributed by atoms with Crippen molar-refractivity contribution in [1.82, 2.24) is 0 Å². The first-order valence-electron chi connectivity index (χ1n) is 8.86. The Hall–Kier alpha value is -2.57. The number of para-hydroxylation sites is 2. The van der Waals surface area contributed by atoms with Crippen LogP contribution < -0.4 is 19.9 Å². The summed E-state index contributed by atoms with van der Waals surface area (Å²) >= 11 is 5.86. The second-order valence-electron chi connectivity index (χ2n) is 6.61. The largest absolute Gasteiger partial charge is 0.488 e. The number of rotatable bonds is 6. The van der Waals surface area contributed by atoms with E-state index in [2.05, 4.69) is 5.32 Å². The fourth-order valence-electron chi connectivity index (χ4n) is 2.95. The van der Waals surface area contributed by atoms with Gasteiger partial charge in [-0.05, 0) is 43.3 Å². The fourth-order valence-corrected chi connectivity index (χ4v) is 3.08.